The van der Waals surface area contributed by atoms with E-state index in [-0.39, 0.29) is 0 Å². The predicted molar refractivity (Wildman–Crippen MR) is 65.9 cm³/mol. The van der Waals surface area contributed by atoms with Crippen molar-refractivity contribution < 1.29 is 0 Å². The van der Waals surface area contributed by atoms with Gasteiger partial charge in [-0.05, 0) is 31.5 Å². The van der Waals surface area contributed by atoms with Crippen LogP contribution in [0, 0.1) is 6.92 Å². The molecule has 0 fully saturated rings. The van der Waals surface area contributed by atoms with Gasteiger partial charge in [-0.15, -0.1) is 11.3 Å². The molecule has 2 aromatic rings. The first kappa shape index (κ1) is 10.5. The van der Waals surface area contributed by atoms with Crippen molar-refractivity contribution in [2.75, 3.05) is 5.32 Å². The van der Waals surface area contributed by atoms with E-state index in [4.69, 9.17) is 11.6 Å². The molecule has 0 aliphatic carbocycles. The van der Waals surface area contributed by atoms with E-state index in [1.54, 1.807) is 11.3 Å². The summed E-state index contributed by atoms with van der Waals surface area (Å²) in [5.41, 5.74) is 3.77. The van der Waals surface area contributed by atoms with Crippen molar-refractivity contribution in [3.8, 4) is 0 Å². The van der Waals surface area contributed by atoms with Crippen LogP contribution in [-0.4, -0.2) is 4.98 Å². The second kappa shape index (κ2) is 4.64. The van der Waals surface area contributed by atoms with E-state index in [1.165, 1.54) is 0 Å². The second-order valence-corrected chi connectivity index (χ2v) is 4.30. The molecular formula is C11H10ClN2S. The zero-order chi connectivity index (χ0) is 10.7. The van der Waals surface area contributed by atoms with Gasteiger partial charge in [0, 0.05) is 10.7 Å². The van der Waals surface area contributed by atoms with Crippen LogP contribution in [0.1, 0.15) is 5.69 Å². The number of hydrogen-bond acceptors (Lipinski definition) is 3. The summed E-state index contributed by atoms with van der Waals surface area (Å²) in [6, 6.07) is 7.61. The number of aromatic nitrogens is 1. The number of thiazole rings is 1. The van der Waals surface area contributed by atoms with E-state index in [9.17, 15) is 0 Å². The third kappa shape index (κ3) is 2.49. The number of nitrogens with one attached hydrogen (secondary N) is 1. The lowest BCUT2D eigenvalue weighted by molar-refractivity contribution is 1.15. The molecular weight excluding hydrogens is 228 g/mol. The van der Waals surface area contributed by atoms with Crippen molar-refractivity contribution in [3.05, 3.63) is 47.4 Å². The maximum Gasteiger partial charge on any atom is 0.116 e. The van der Waals surface area contributed by atoms with Crippen molar-refractivity contribution >= 4 is 33.6 Å². The molecule has 1 aromatic carbocycles. The number of anilines is 2. The average molecular weight is 238 g/mol. The highest BCUT2D eigenvalue weighted by molar-refractivity contribution is 7.14. The van der Waals surface area contributed by atoms with Gasteiger partial charge in [0.2, 0.25) is 0 Å². The van der Waals surface area contributed by atoms with E-state index in [2.05, 4.69) is 17.2 Å². The van der Waals surface area contributed by atoms with E-state index in [0.717, 1.165) is 21.4 Å². The van der Waals surface area contributed by atoms with Crippen LogP contribution in [0.15, 0.2) is 29.8 Å². The van der Waals surface area contributed by atoms with Crippen molar-refractivity contribution in [1.29, 1.82) is 0 Å². The van der Waals surface area contributed by atoms with Gasteiger partial charge in [-0.3, -0.25) is 0 Å². The first-order valence-electron chi connectivity index (χ1n) is 4.54. The highest BCUT2D eigenvalue weighted by Gasteiger charge is 2.03. The van der Waals surface area contributed by atoms with E-state index >= 15 is 0 Å². The van der Waals surface area contributed by atoms with Gasteiger partial charge in [-0.1, -0.05) is 17.7 Å². The van der Waals surface area contributed by atoms with Crippen LogP contribution in [0.25, 0.3) is 0 Å². The van der Waals surface area contributed by atoms with Gasteiger partial charge in [-0.25, -0.2) is 4.98 Å². The molecule has 0 aliphatic rings. The fraction of sp³-hybridized carbons (Fsp3) is 0.0909. The Morgan fingerprint density at radius 2 is 2.33 bits per heavy atom. The molecule has 0 saturated carbocycles. The molecule has 0 bridgehead atoms. The standard InChI is InChI=1S/C11H10ClN2S/c1-2-10-11(15-7-13-10)14-9-5-3-4-8(12)6-9/h3-7,14H,1-2H2. The number of nitrogens with zero attached hydrogens (tertiary/aromatic N) is 1. The Hall–Kier alpha value is -1.06. The highest BCUT2D eigenvalue weighted by atomic mass is 35.5. The Morgan fingerprint density at radius 1 is 1.47 bits per heavy atom. The molecule has 1 radical (unpaired) electrons. The van der Waals surface area contributed by atoms with Gasteiger partial charge in [0.25, 0.3) is 0 Å². The molecule has 0 aliphatic heterocycles. The monoisotopic (exact) mass is 237 g/mol. The first-order valence-corrected chi connectivity index (χ1v) is 5.79. The van der Waals surface area contributed by atoms with Crippen LogP contribution < -0.4 is 5.32 Å². The summed E-state index contributed by atoms with van der Waals surface area (Å²) in [5, 5.41) is 5.03. The molecule has 77 valence electrons. The van der Waals surface area contributed by atoms with Crippen LogP contribution >= 0.6 is 22.9 Å². The zero-order valence-electron chi connectivity index (χ0n) is 8.03. The fourth-order valence-electron chi connectivity index (χ4n) is 1.25. The van der Waals surface area contributed by atoms with Gasteiger partial charge < -0.3 is 5.32 Å². The normalized spacial score (nSPS) is 10.3. The smallest absolute Gasteiger partial charge is 0.116 e. The Labute approximate surface area is 97.9 Å². The Balaban J connectivity index is 2.22. The molecule has 2 nitrogen and oxygen atoms in total. The lowest BCUT2D eigenvalue weighted by atomic mass is 10.3. The van der Waals surface area contributed by atoms with Crippen molar-refractivity contribution in [3.63, 3.8) is 0 Å². The number of hydrogen-bond donors (Lipinski definition) is 1. The molecule has 0 amide bonds. The van der Waals surface area contributed by atoms with Crippen LogP contribution in [0.3, 0.4) is 0 Å². The average Bonchev–Trinajstić information content (AvgIpc) is 2.65. The van der Waals surface area contributed by atoms with E-state index in [1.807, 2.05) is 29.8 Å². The Morgan fingerprint density at radius 3 is 3.07 bits per heavy atom. The summed E-state index contributed by atoms with van der Waals surface area (Å²) in [4.78, 5) is 4.21. The van der Waals surface area contributed by atoms with Crippen molar-refractivity contribution in [1.82, 2.24) is 4.98 Å². The zero-order valence-corrected chi connectivity index (χ0v) is 9.61. The third-order valence-corrected chi connectivity index (χ3v) is 2.98. The largest absolute Gasteiger partial charge is 0.346 e. The molecule has 4 heteroatoms. The van der Waals surface area contributed by atoms with Crippen molar-refractivity contribution in [2.45, 2.75) is 6.42 Å². The number of halogens is 1. The molecule has 1 aromatic heterocycles. The van der Waals surface area contributed by atoms with Crippen LogP contribution in [0.5, 0.6) is 0 Å². The molecule has 2 rings (SSSR count). The fourth-order valence-corrected chi connectivity index (χ4v) is 2.19. The van der Waals surface area contributed by atoms with Gasteiger partial charge in [-0.2, -0.15) is 0 Å². The summed E-state index contributed by atoms with van der Waals surface area (Å²) in [6.45, 7) is 3.83. The van der Waals surface area contributed by atoms with E-state index < -0.39 is 0 Å². The summed E-state index contributed by atoms with van der Waals surface area (Å²) >= 11 is 7.46. The maximum absolute atomic E-state index is 5.89. The summed E-state index contributed by atoms with van der Waals surface area (Å²) in [5.74, 6) is 0. The minimum absolute atomic E-state index is 0.687. The Kier molecular flexibility index (Phi) is 3.23. The van der Waals surface area contributed by atoms with Gasteiger partial charge in [0.05, 0.1) is 11.2 Å². The molecule has 0 saturated heterocycles. The molecule has 0 unspecified atom stereocenters. The minimum atomic E-state index is 0.687. The van der Waals surface area contributed by atoms with Gasteiger partial charge in [0.15, 0.2) is 0 Å². The molecule has 1 N–H and O–H groups in total. The van der Waals surface area contributed by atoms with Crippen LogP contribution in [0.2, 0.25) is 5.02 Å². The number of rotatable bonds is 3. The third-order valence-electron chi connectivity index (χ3n) is 1.96. The lowest BCUT2D eigenvalue weighted by Crippen LogP contribution is -1.91. The first-order chi connectivity index (χ1) is 7.29. The molecule has 1 heterocycles. The Bertz CT molecular complexity index is 453. The summed E-state index contributed by atoms with van der Waals surface area (Å²) < 4.78 is 0. The van der Waals surface area contributed by atoms with Crippen molar-refractivity contribution in [2.24, 2.45) is 0 Å². The quantitative estimate of drug-likeness (QED) is 0.875. The minimum Gasteiger partial charge on any atom is -0.346 e. The van der Waals surface area contributed by atoms with Crippen LogP contribution in [-0.2, 0) is 6.42 Å². The predicted octanol–water partition coefficient (Wildman–Crippen LogP) is 3.92. The van der Waals surface area contributed by atoms with Gasteiger partial charge >= 0.3 is 0 Å². The van der Waals surface area contributed by atoms with Gasteiger partial charge in [0.1, 0.15) is 5.00 Å². The highest BCUT2D eigenvalue weighted by Crippen LogP contribution is 2.26. The van der Waals surface area contributed by atoms with Crippen LogP contribution in [0.4, 0.5) is 10.7 Å². The number of benzene rings is 1. The second-order valence-electron chi connectivity index (χ2n) is 3.01. The topological polar surface area (TPSA) is 24.9 Å². The summed E-state index contributed by atoms with van der Waals surface area (Å²) in [7, 11) is 0. The lowest BCUT2D eigenvalue weighted by Gasteiger charge is -2.05. The van der Waals surface area contributed by atoms with E-state index in [0.29, 0.717) is 6.42 Å². The summed E-state index contributed by atoms with van der Waals surface area (Å²) in [6.07, 6.45) is 0.687. The molecule has 15 heavy (non-hydrogen) atoms. The molecule has 0 atom stereocenters. The molecule has 0 spiro atoms. The SMILES string of the molecule is [CH2]Cc1ncsc1Nc1cccc(Cl)c1. The maximum atomic E-state index is 5.89.